The molecule has 4 heteroatoms. The van der Waals surface area contributed by atoms with E-state index >= 15 is 0 Å². The Bertz CT molecular complexity index is 399. The summed E-state index contributed by atoms with van der Waals surface area (Å²) < 4.78 is 13.7. The molecule has 2 rings (SSSR count). The van der Waals surface area contributed by atoms with Gasteiger partial charge in [-0.2, -0.15) is 11.8 Å². The van der Waals surface area contributed by atoms with Gasteiger partial charge in [-0.15, -0.1) is 0 Å². The molecule has 1 fully saturated rings. The average Bonchev–Trinajstić information content (AvgIpc) is 2.52. The van der Waals surface area contributed by atoms with Crippen LogP contribution in [0.2, 0.25) is 0 Å². The molecule has 1 aromatic carbocycles. The van der Waals surface area contributed by atoms with E-state index in [1.165, 1.54) is 12.1 Å². The maximum Gasteiger partial charge on any atom is 0.124 e. The second kappa shape index (κ2) is 4.67. The van der Waals surface area contributed by atoms with E-state index in [0.717, 1.165) is 22.2 Å². The van der Waals surface area contributed by atoms with Crippen molar-refractivity contribution >= 4 is 27.7 Å². The summed E-state index contributed by atoms with van der Waals surface area (Å²) in [7, 11) is 0. The molecule has 2 atom stereocenters. The second-order valence-electron chi connectivity index (χ2n) is 4.28. The molecule has 0 spiro atoms. The smallest absolute Gasteiger partial charge is 0.124 e. The van der Waals surface area contributed by atoms with Crippen molar-refractivity contribution in [3.8, 4) is 0 Å². The number of halogens is 2. The van der Waals surface area contributed by atoms with Gasteiger partial charge in [0.05, 0.1) is 5.60 Å². The van der Waals surface area contributed by atoms with Crippen LogP contribution in [0.25, 0.3) is 0 Å². The van der Waals surface area contributed by atoms with Crippen molar-refractivity contribution in [2.75, 3.05) is 5.75 Å². The monoisotopic (exact) mass is 304 g/mol. The Morgan fingerprint density at radius 1 is 1.62 bits per heavy atom. The third kappa shape index (κ3) is 2.44. The molecule has 0 aromatic heterocycles. The Balaban J connectivity index is 2.20. The SMILES string of the molecule is CC1SCCC1(O)Cc1ccc(F)cc1Br. The Morgan fingerprint density at radius 2 is 2.38 bits per heavy atom. The molecule has 1 aliphatic heterocycles. The Kier molecular flexibility index (Phi) is 3.62. The first-order valence-electron chi connectivity index (χ1n) is 5.29. The molecule has 0 amide bonds. The van der Waals surface area contributed by atoms with Gasteiger partial charge in [0.1, 0.15) is 5.82 Å². The van der Waals surface area contributed by atoms with Gasteiger partial charge in [0.2, 0.25) is 0 Å². The summed E-state index contributed by atoms with van der Waals surface area (Å²) in [6, 6.07) is 4.63. The van der Waals surface area contributed by atoms with Crippen molar-refractivity contribution in [2.45, 2.75) is 30.6 Å². The summed E-state index contributed by atoms with van der Waals surface area (Å²) in [6.07, 6.45) is 1.39. The van der Waals surface area contributed by atoms with Gasteiger partial charge in [-0.3, -0.25) is 0 Å². The van der Waals surface area contributed by atoms with Crippen LogP contribution >= 0.6 is 27.7 Å². The fourth-order valence-electron chi connectivity index (χ4n) is 2.00. The normalized spacial score (nSPS) is 29.6. The predicted octanol–water partition coefficient (Wildman–Crippen LogP) is 3.39. The molecule has 1 aliphatic rings. The minimum absolute atomic E-state index is 0.240. The molecule has 2 unspecified atom stereocenters. The lowest BCUT2D eigenvalue weighted by atomic mass is 9.89. The number of hydrogen-bond acceptors (Lipinski definition) is 2. The number of benzene rings is 1. The van der Waals surface area contributed by atoms with Gasteiger partial charge >= 0.3 is 0 Å². The maximum atomic E-state index is 12.9. The fourth-order valence-corrected chi connectivity index (χ4v) is 3.83. The van der Waals surface area contributed by atoms with Gasteiger partial charge in [-0.1, -0.05) is 28.9 Å². The maximum absolute atomic E-state index is 12.9. The molecule has 0 bridgehead atoms. The van der Waals surface area contributed by atoms with E-state index in [1.54, 1.807) is 17.8 Å². The lowest BCUT2D eigenvalue weighted by molar-refractivity contribution is 0.0463. The Labute approximate surface area is 108 Å². The molecule has 1 heterocycles. The van der Waals surface area contributed by atoms with Crippen molar-refractivity contribution in [1.82, 2.24) is 0 Å². The molecule has 1 nitrogen and oxygen atoms in total. The Morgan fingerprint density at radius 3 is 2.94 bits per heavy atom. The van der Waals surface area contributed by atoms with Crippen molar-refractivity contribution < 1.29 is 9.50 Å². The predicted molar refractivity (Wildman–Crippen MR) is 69.3 cm³/mol. The molecule has 0 aliphatic carbocycles. The first-order chi connectivity index (χ1) is 7.51. The van der Waals surface area contributed by atoms with Crippen LogP contribution in [0, 0.1) is 5.82 Å². The first-order valence-corrected chi connectivity index (χ1v) is 7.13. The van der Waals surface area contributed by atoms with Crippen molar-refractivity contribution in [3.05, 3.63) is 34.1 Å². The van der Waals surface area contributed by atoms with Crippen LogP contribution in [0.3, 0.4) is 0 Å². The quantitative estimate of drug-likeness (QED) is 0.904. The van der Waals surface area contributed by atoms with E-state index in [0.29, 0.717) is 6.42 Å². The van der Waals surface area contributed by atoms with E-state index in [9.17, 15) is 9.50 Å². The highest BCUT2D eigenvalue weighted by Crippen LogP contribution is 2.38. The molecular weight excluding hydrogens is 291 g/mol. The second-order valence-corrected chi connectivity index (χ2v) is 6.58. The molecule has 0 radical (unpaired) electrons. The van der Waals surface area contributed by atoms with Crippen LogP contribution in [0.5, 0.6) is 0 Å². The molecule has 1 saturated heterocycles. The average molecular weight is 305 g/mol. The van der Waals surface area contributed by atoms with Crippen LogP contribution in [0.15, 0.2) is 22.7 Å². The summed E-state index contributed by atoms with van der Waals surface area (Å²) in [5.41, 5.74) is 0.323. The summed E-state index contributed by atoms with van der Waals surface area (Å²) >= 11 is 5.13. The van der Waals surface area contributed by atoms with Gasteiger partial charge in [-0.25, -0.2) is 4.39 Å². The minimum Gasteiger partial charge on any atom is -0.388 e. The summed E-state index contributed by atoms with van der Waals surface area (Å²) in [5, 5.41) is 10.7. The zero-order chi connectivity index (χ0) is 11.8. The highest BCUT2D eigenvalue weighted by atomic mass is 79.9. The highest BCUT2D eigenvalue weighted by Gasteiger charge is 2.39. The molecule has 0 saturated carbocycles. The van der Waals surface area contributed by atoms with Crippen LogP contribution < -0.4 is 0 Å². The van der Waals surface area contributed by atoms with Crippen molar-refractivity contribution in [3.63, 3.8) is 0 Å². The molecule has 88 valence electrons. The van der Waals surface area contributed by atoms with Crippen LogP contribution in [-0.2, 0) is 6.42 Å². The lowest BCUT2D eigenvalue weighted by Gasteiger charge is -2.27. The van der Waals surface area contributed by atoms with E-state index in [2.05, 4.69) is 22.9 Å². The zero-order valence-electron chi connectivity index (χ0n) is 9.04. The lowest BCUT2D eigenvalue weighted by Crippen LogP contribution is -2.37. The summed E-state index contributed by atoms with van der Waals surface area (Å²) in [5.74, 6) is 0.743. The van der Waals surface area contributed by atoms with Gasteiger partial charge in [0.25, 0.3) is 0 Å². The third-order valence-corrected chi connectivity index (χ3v) is 5.29. The Hall–Kier alpha value is -0.0600. The van der Waals surface area contributed by atoms with Crippen LogP contribution in [0.1, 0.15) is 18.9 Å². The number of hydrogen-bond donors (Lipinski definition) is 1. The molecule has 1 N–H and O–H groups in total. The van der Waals surface area contributed by atoms with Crippen molar-refractivity contribution in [1.29, 1.82) is 0 Å². The van der Waals surface area contributed by atoms with Gasteiger partial charge in [0, 0.05) is 16.1 Å². The standard InChI is InChI=1S/C12H14BrFOS/c1-8-12(15,4-5-16-8)7-9-2-3-10(14)6-11(9)13/h2-3,6,8,15H,4-5,7H2,1H3. The number of aliphatic hydroxyl groups is 1. The van der Waals surface area contributed by atoms with E-state index in [-0.39, 0.29) is 11.1 Å². The van der Waals surface area contributed by atoms with E-state index < -0.39 is 5.60 Å². The summed E-state index contributed by atoms with van der Waals surface area (Å²) in [4.78, 5) is 0. The van der Waals surface area contributed by atoms with E-state index in [1.807, 2.05) is 0 Å². The molecule has 16 heavy (non-hydrogen) atoms. The van der Waals surface area contributed by atoms with Crippen LogP contribution in [0.4, 0.5) is 4.39 Å². The van der Waals surface area contributed by atoms with Gasteiger partial charge in [0.15, 0.2) is 0 Å². The van der Waals surface area contributed by atoms with Crippen LogP contribution in [-0.4, -0.2) is 21.7 Å². The van der Waals surface area contributed by atoms with Crippen molar-refractivity contribution in [2.24, 2.45) is 0 Å². The third-order valence-electron chi connectivity index (χ3n) is 3.17. The fraction of sp³-hybridized carbons (Fsp3) is 0.500. The number of thioether (sulfide) groups is 1. The first kappa shape index (κ1) is 12.4. The number of rotatable bonds is 2. The topological polar surface area (TPSA) is 20.2 Å². The molecule has 1 aromatic rings. The van der Waals surface area contributed by atoms with E-state index in [4.69, 9.17) is 0 Å². The molecular formula is C12H14BrFOS. The minimum atomic E-state index is -0.648. The summed E-state index contributed by atoms with van der Waals surface area (Å²) in [6.45, 7) is 2.05. The largest absolute Gasteiger partial charge is 0.388 e. The van der Waals surface area contributed by atoms with Gasteiger partial charge in [-0.05, 0) is 29.9 Å². The zero-order valence-corrected chi connectivity index (χ0v) is 11.4. The highest BCUT2D eigenvalue weighted by molar-refractivity contribution is 9.10. The van der Waals surface area contributed by atoms with Gasteiger partial charge < -0.3 is 5.11 Å².